The van der Waals surface area contributed by atoms with Crippen LogP contribution in [0.25, 0.3) is 0 Å². The Kier molecular flexibility index (Phi) is 4.62. The van der Waals surface area contributed by atoms with Gasteiger partial charge in [-0.3, -0.25) is 15.0 Å². The van der Waals surface area contributed by atoms with Crippen LogP contribution in [-0.4, -0.2) is 60.7 Å². The molecule has 2 amide bonds. The molecule has 6 nitrogen and oxygen atoms in total. The van der Waals surface area contributed by atoms with Gasteiger partial charge in [0.1, 0.15) is 0 Å². The van der Waals surface area contributed by atoms with Gasteiger partial charge in [-0.05, 0) is 25.2 Å². The Balaban J connectivity index is 1.90. The Labute approximate surface area is 120 Å². The van der Waals surface area contributed by atoms with Crippen LogP contribution in [0.4, 0.5) is 0 Å². The summed E-state index contributed by atoms with van der Waals surface area (Å²) in [5, 5.41) is 10.1. The van der Waals surface area contributed by atoms with Crippen molar-refractivity contribution >= 4 is 17.6 Å². The Morgan fingerprint density at radius 3 is 2.55 bits per heavy atom. The molecule has 2 aliphatic rings. The van der Waals surface area contributed by atoms with Gasteiger partial charge in [-0.15, -0.1) is 0 Å². The van der Waals surface area contributed by atoms with E-state index in [9.17, 15) is 9.59 Å². The fraction of sp³-hybridized carbons (Fsp3) is 0.786. The number of amides is 2. The van der Waals surface area contributed by atoms with Crippen molar-refractivity contribution in [1.29, 1.82) is 5.41 Å². The average molecular weight is 280 g/mol. The molecule has 0 spiro atoms. The minimum atomic E-state index is -0.310. The standard InChI is InChI=1S/C14H24N4O2/c1-10-4-3-6-17(8-10)13(19)11-5-7-18(9-11)14(20)12(15)16-2/h10-11H,3-9H2,1-2H3,(H2,15,16)/t10-,11+/m1/s1. The minimum absolute atomic E-state index is 0.0890. The maximum atomic E-state index is 12.5. The SMILES string of the molecule is CNC(=N)C(=O)N1CC[C@H](C(=O)N2CCC[C@@H](C)C2)C1. The number of hydrogen-bond donors (Lipinski definition) is 2. The van der Waals surface area contributed by atoms with E-state index in [1.165, 1.54) is 6.42 Å². The molecule has 112 valence electrons. The lowest BCUT2D eigenvalue weighted by molar-refractivity contribution is -0.137. The van der Waals surface area contributed by atoms with Crippen LogP contribution >= 0.6 is 0 Å². The summed E-state index contributed by atoms with van der Waals surface area (Å²) in [6.07, 6.45) is 2.98. The summed E-state index contributed by atoms with van der Waals surface area (Å²) < 4.78 is 0. The molecule has 2 rings (SSSR count). The van der Waals surface area contributed by atoms with Crippen LogP contribution in [0, 0.1) is 17.2 Å². The third-order valence-corrected chi connectivity index (χ3v) is 4.26. The first kappa shape index (κ1) is 14.8. The number of nitrogens with one attached hydrogen (secondary N) is 2. The van der Waals surface area contributed by atoms with Crippen molar-refractivity contribution in [3.8, 4) is 0 Å². The molecule has 2 fully saturated rings. The maximum Gasteiger partial charge on any atom is 0.288 e. The fourth-order valence-electron chi connectivity index (χ4n) is 3.06. The number of nitrogens with zero attached hydrogens (tertiary/aromatic N) is 2. The fourth-order valence-corrected chi connectivity index (χ4v) is 3.06. The van der Waals surface area contributed by atoms with Gasteiger partial charge in [0, 0.05) is 33.2 Å². The van der Waals surface area contributed by atoms with Crippen LogP contribution in [0.3, 0.4) is 0 Å². The van der Waals surface area contributed by atoms with E-state index in [4.69, 9.17) is 5.41 Å². The van der Waals surface area contributed by atoms with Gasteiger partial charge in [-0.25, -0.2) is 0 Å². The van der Waals surface area contributed by atoms with E-state index in [1.807, 2.05) is 4.90 Å². The molecule has 0 bridgehead atoms. The summed E-state index contributed by atoms with van der Waals surface area (Å²) in [6, 6.07) is 0. The van der Waals surface area contributed by atoms with Gasteiger partial charge in [0.25, 0.3) is 5.91 Å². The number of likely N-dealkylation sites (tertiary alicyclic amines) is 2. The molecule has 2 atom stereocenters. The van der Waals surface area contributed by atoms with Crippen LogP contribution in [0.1, 0.15) is 26.2 Å². The zero-order chi connectivity index (χ0) is 14.7. The predicted octanol–water partition coefficient (Wildman–Crippen LogP) is 0.290. The van der Waals surface area contributed by atoms with Crippen molar-refractivity contribution in [2.75, 3.05) is 33.2 Å². The Hall–Kier alpha value is -1.59. The van der Waals surface area contributed by atoms with Crippen molar-refractivity contribution in [3.05, 3.63) is 0 Å². The van der Waals surface area contributed by atoms with E-state index in [0.29, 0.717) is 25.4 Å². The summed E-state index contributed by atoms with van der Waals surface area (Å²) in [4.78, 5) is 27.9. The van der Waals surface area contributed by atoms with Gasteiger partial charge >= 0.3 is 0 Å². The Bertz CT molecular complexity index is 410. The zero-order valence-electron chi connectivity index (χ0n) is 12.3. The second kappa shape index (κ2) is 6.24. The number of hydrogen-bond acceptors (Lipinski definition) is 3. The molecule has 20 heavy (non-hydrogen) atoms. The molecule has 2 N–H and O–H groups in total. The normalized spacial score (nSPS) is 26.5. The van der Waals surface area contributed by atoms with Gasteiger partial charge in [0.2, 0.25) is 5.91 Å². The largest absolute Gasteiger partial charge is 0.369 e. The summed E-state index contributed by atoms with van der Waals surface area (Å²) in [6.45, 7) is 4.89. The highest BCUT2D eigenvalue weighted by Crippen LogP contribution is 2.23. The zero-order valence-corrected chi connectivity index (χ0v) is 12.3. The third kappa shape index (κ3) is 3.11. The smallest absolute Gasteiger partial charge is 0.288 e. The lowest BCUT2D eigenvalue weighted by atomic mass is 9.98. The van der Waals surface area contributed by atoms with Crippen LogP contribution in [-0.2, 0) is 9.59 Å². The highest BCUT2D eigenvalue weighted by Gasteiger charge is 2.35. The molecule has 6 heteroatoms. The number of carbonyl (C=O) groups excluding carboxylic acids is 2. The van der Waals surface area contributed by atoms with Gasteiger partial charge in [0.15, 0.2) is 5.84 Å². The maximum absolute atomic E-state index is 12.5. The van der Waals surface area contributed by atoms with Gasteiger partial charge in [0.05, 0.1) is 5.92 Å². The molecule has 0 radical (unpaired) electrons. The topological polar surface area (TPSA) is 76.5 Å². The van der Waals surface area contributed by atoms with Gasteiger partial charge in [-0.1, -0.05) is 6.92 Å². The monoisotopic (exact) mass is 280 g/mol. The number of rotatable bonds is 1. The molecular weight excluding hydrogens is 256 g/mol. The van der Waals surface area contributed by atoms with E-state index in [2.05, 4.69) is 12.2 Å². The highest BCUT2D eigenvalue weighted by atomic mass is 16.2. The lowest BCUT2D eigenvalue weighted by Crippen LogP contribution is -2.44. The first-order chi connectivity index (χ1) is 9.52. The molecule has 0 aromatic heterocycles. The lowest BCUT2D eigenvalue weighted by Gasteiger charge is -2.32. The van der Waals surface area contributed by atoms with Crippen molar-refractivity contribution in [2.45, 2.75) is 26.2 Å². The van der Waals surface area contributed by atoms with E-state index >= 15 is 0 Å². The molecular formula is C14H24N4O2. The first-order valence-corrected chi connectivity index (χ1v) is 7.37. The second-order valence-electron chi connectivity index (χ2n) is 5.89. The summed E-state index contributed by atoms with van der Waals surface area (Å²) in [5.41, 5.74) is 0. The Morgan fingerprint density at radius 1 is 1.15 bits per heavy atom. The predicted molar refractivity (Wildman–Crippen MR) is 76.5 cm³/mol. The third-order valence-electron chi connectivity index (χ3n) is 4.26. The highest BCUT2D eigenvalue weighted by molar-refractivity contribution is 6.36. The molecule has 0 unspecified atom stereocenters. The molecule has 2 heterocycles. The van der Waals surface area contributed by atoms with Crippen LogP contribution in [0.5, 0.6) is 0 Å². The summed E-state index contributed by atoms with van der Waals surface area (Å²) in [7, 11) is 1.56. The van der Waals surface area contributed by atoms with Crippen molar-refractivity contribution < 1.29 is 9.59 Å². The van der Waals surface area contributed by atoms with Crippen LogP contribution in [0.15, 0.2) is 0 Å². The summed E-state index contributed by atoms with van der Waals surface area (Å²) >= 11 is 0. The van der Waals surface area contributed by atoms with E-state index in [1.54, 1.807) is 11.9 Å². The molecule has 0 aliphatic carbocycles. The average Bonchev–Trinajstić information content (AvgIpc) is 2.94. The van der Waals surface area contributed by atoms with Crippen LogP contribution < -0.4 is 5.32 Å². The van der Waals surface area contributed by atoms with E-state index in [-0.39, 0.29) is 23.6 Å². The van der Waals surface area contributed by atoms with Gasteiger partial charge < -0.3 is 15.1 Å². The number of amidine groups is 1. The number of carbonyl (C=O) groups is 2. The molecule has 2 saturated heterocycles. The van der Waals surface area contributed by atoms with Crippen molar-refractivity contribution in [2.24, 2.45) is 11.8 Å². The molecule has 0 aromatic carbocycles. The number of piperidine rings is 1. The van der Waals surface area contributed by atoms with Gasteiger partial charge in [-0.2, -0.15) is 0 Å². The van der Waals surface area contributed by atoms with Crippen molar-refractivity contribution in [1.82, 2.24) is 15.1 Å². The molecule has 0 aromatic rings. The quantitative estimate of drug-likeness (QED) is 0.535. The molecule has 2 aliphatic heterocycles. The first-order valence-electron chi connectivity index (χ1n) is 7.37. The van der Waals surface area contributed by atoms with E-state index < -0.39 is 0 Å². The van der Waals surface area contributed by atoms with E-state index in [0.717, 1.165) is 19.5 Å². The van der Waals surface area contributed by atoms with Crippen LogP contribution in [0.2, 0.25) is 0 Å². The number of likely N-dealkylation sites (N-methyl/N-ethyl adjacent to an activating group) is 1. The summed E-state index contributed by atoms with van der Waals surface area (Å²) in [5.74, 6) is 0.251. The molecule has 0 saturated carbocycles. The minimum Gasteiger partial charge on any atom is -0.369 e. The second-order valence-corrected chi connectivity index (χ2v) is 5.89. The Morgan fingerprint density at radius 2 is 1.90 bits per heavy atom. The van der Waals surface area contributed by atoms with Crippen molar-refractivity contribution in [3.63, 3.8) is 0 Å².